The van der Waals surface area contributed by atoms with Gasteiger partial charge in [-0.1, -0.05) is 60.7 Å². The molecule has 3 rings (SSSR count). The third kappa shape index (κ3) is 4.69. The van der Waals surface area contributed by atoms with Crippen molar-refractivity contribution in [3.05, 3.63) is 71.8 Å². The molecule has 1 heterocycles. The highest BCUT2D eigenvalue weighted by Crippen LogP contribution is 2.35. The van der Waals surface area contributed by atoms with Crippen LogP contribution in [0.1, 0.15) is 44.1 Å². The van der Waals surface area contributed by atoms with Crippen molar-refractivity contribution < 1.29 is 9.47 Å². The summed E-state index contributed by atoms with van der Waals surface area (Å²) in [5.41, 5.74) is 2.50. The summed E-state index contributed by atoms with van der Waals surface area (Å²) < 4.78 is 12.5. The van der Waals surface area contributed by atoms with Gasteiger partial charge in [0.2, 0.25) is 0 Å². The molecule has 25 heavy (non-hydrogen) atoms. The summed E-state index contributed by atoms with van der Waals surface area (Å²) in [6, 6.07) is 21.0. The topological polar surface area (TPSA) is 30.5 Å². The van der Waals surface area contributed by atoms with E-state index < -0.39 is 0 Å². The summed E-state index contributed by atoms with van der Waals surface area (Å²) in [5.74, 6) is 0. The van der Waals surface area contributed by atoms with Crippen molar-refractivity contribution in [2.75, 3.05) is 19.7 Å². The van der Waals surface area contributed by atoms with Crippen LogP contribution in [-0.4, -0.2) is 25.8 Å². The van der Waals surface area contributed by atoms with E-state index in [1.165, 1.54) is 5.56 Å². The molecular formula is C22H29NO2. The first kappa shape index (κ1) is 18.1. The number of piperidine rings is 1. The first-order valence-electron chi connectivity index (χ1n) is 9.28. The molecule has 0 radical (unpaired) electrons. The molecule has 0 saturated carbocycles. The lowest BCUT2D eigenvalue weighted by atomic mass is 9.74. The summed E-state index contributed by atoms with van der Waals surface area (Å²) in [7, 11) is 0. The number of rotatable bonds is 7. The Kier molecular flexibility index (Phi) is 6.24. The Hall–Kier alpha value is -1.68. The quantitative estimate of drug-likeness (QED) is 0.756. The van der Waals surface area contributed by atoms with Crippen molar-refractivity contribution in [2.24, 2.45) is 0 Å². The van der Waals surface area contributed by atoms with Gasteiger partial charge in [-0.15, -0.1) is 0 Å². The SMILES string of the molecule is CC(C)OC(OCC1(c2ccccc2)CCNCC1)c1ccccc1. The van der Waals surface area contributed by atoms with Crippen LogP contribution in [0.5, 0.6) is 0 Å². The van der Waals surface area contributed by atoms with Gasteiger partial charge >= 0.3 is 0 Å². The molecule has 1 N–H and O–H groups in total. The van der Waals surface area contributed by atoms with Crippen molar-refractivity contribution in [3.8, 4) is 0 Å². The summed E-state index contributed by atoms with van der Waals surface area (Å²) in [4.78, 5) is 0. The molecule has 2 aromatic rings. The highest BCUT2D eigenvalue weighted by atomic mass is 16.7. The summed E-state index contributed by atoms with van der Waals surface area (Å²) in [5, 5.41) is 3.47. The van der Waals surface area contributed by atoms with E-state index in [-0.39, 0.29) is 17.8 Å². The molecule has 1 aliphatic heterocycles. The zero-order chi connectivity index (χ0) is 17.5. The van der Waals surface area contributed by atoms with E-state index in [1.807, 2.05) is 18.2 Å². The smallest absolute Gasteiger partial charge is 0.184 e. The lowest BCUT2D eigenvalue weighted by molar-refractivity contribution is -0.178. The van der Waals surface area contributed by atoms with Crippen molar-refractivity contribution in [2.45, 2.75) is 44.5 Å². The van der Waals surface area contributed by atoms with Crippen LogP contribution in [0.2, 0.25) is 0 Å². The number of ether oxygens (including phenoxy) is 2. The van der Waals surface area contributed by atoms with Crippen molar-refractivity contribution in [1.82, 2.24) is 5.32 Å². The Bertz CT molecular complexity index is 621. The fourth-order valence-electron chi connectivity index (χ4n) is 3.52. The number of nitrogens with one attached hydrogen (secondary N) is 1. The Morgan fingerprint density at radius 1 is 0.920 bits per heavy atom. The van der Waals surface area contributed by atoms with E-state index in [2.05, 4.69) is 61.6 Å². The molecule has 0 aliphatic carbocycles. The molecular weight excluding hydrogens is 310 g/mol. The van der Waals surface area contributed by atoms with E-state index in [0.717, 1.165) is 31.5 Å². The first-order chi connectivity index (χ1) is 12.2. The van der Waals surface area contributed by atoms with Gasteiger partial charge in [0, 0.05) is 11.0 Å². The molecule has 1 saturated heterocycles. The van der Waals surface area contributed by atoms with Crippen molar-refractivity contribution in [1.29, 1.82) is 0 Å². The van der Waals surface area contributed by atoms with E-state index in [4.69, 9.17) is 9.47 Å². The number of hydrogen-bond acceptors (Lipinski definition) is 3. The highest BCUT2D eigenvalue weighted by Gasteiger charge is 2.35. The Labute approximate surface area is 151 Å². The second-order valence-electron chi connectivity index (χ2n) is 7.13. The highest BCUT2D eigenvalue weighted by molar-refractivity contribution is 5.26. The van der Waals surface area contributed by atoms with E-state index >= 15 is 0 Å². The van der Waals surface area contributed by atoms with E-state index in [1.54, 1.807) is 0 Å². The van der Waals surface area contributed by atoms with Crippen LogP contribution in [0.15, 0.2) is 60.7 Å². The zero-order valence-corrected chi connectivity index (χ0v) is 15.3. The van der Waals surface area contributed by atoms with Crippen LogP contribution in [0.4, 0.5) is 0 Å². The third-order valence-electron chi connectivity index (χ3n) is 4.93. The van der Waals surface area contributed by atoms with Gasteiger partial charge in [0.25, 0.3) is 0 Å². The molecule has 3 nitrogen and oxygen atoms in total. The number of hydrogen-bond donors (Lipinski definition) is 1. The monoisotopic (exact) mass is 339 g/mol. The lowest BCUT2D eigenvalue weighted by Gasteiger charge is -2.39. The maximum atomic E-state index is 6.39. The molecule has 134 valence electrons. The summed E-state index contributed by atoms with van der Waals surface area (Å²) >= 11 is 0. The van der Waals surface area contributed by atoms with Crippen LogP contribution < -0.4 is 5.32 Å². The molecule has 1 aliphatic rings. The largest absolute Gasteiger partial charge is 0.347 e. The minimum absolute atomic E-state index is 0.0554. The molecule has 0 amide bonds. The third-order valence-corrected chi connectivity index (χ3v) is 4.93. The standard InChI is InChI=1S/C22H29NO2/c1-18(2)25-21(19-9-5-3-6-10-19)24-17-22(13-15-23-16-14-22)20-11-7-4-8-12-20/h3-12,18,21,23H,13-17H2,1-2H3. The Balaban J connectivity index is 1.79. The van der Waals surface area contributed by atoms with Gasteiger partial charge in [0.15, 0.2) is 6.29 Å². The Morgan fingerprint density at radius 2 is 1.52 bits per heavy atom. The second-order valence-corrected chi connectivity index (χ2v) is 7.13. The van der Waals surface area contributed by atoms with Gasteiger partial charge in [-0.3, -0.25) is 0 Å². The maximum absolute atomic E-state index is 6.39. The minimum atomic E-state index is -0.323. The maximum Gasteiger partial charge on any atom is 0.184 e. The predicted molar refractivity (Wildman–Crippen MR) is 102 cm³/mol. The minimum Gasteiger partial charge on any atom is -0.347 e. The predicted octanol–water partition coefficient (Wildman–Crippen LogP) is 4.45. The van der Waals surface area contributed by atoms with Gasteiger partial charge in [0.1, 0.15) is 0 Å². The molecule has 0 bridgehead atoms. The molecule has 1 unspecified atom stereocenters. The van der Waals surface area contributed by atoms with Crippen LogP contribution in [-0.2, 0) is 14.9 Å². The molecule has 2 aromatic carbocycles. The Morgan fingerprint density at radius 3 is 2.12 bits per heavy atom. The molecule has 1 atom stereocenters. The zero-order valence-electron chi connectivity index (χ0n) is 15.3. The number of benzene rings is 2. The van der Waals surface area contributed by atoms with Crippen LogP contribution >= 0.6 is 0 Å². The summed E-state index contributed by atoms with van der Waals surface area (Å²) in [6.45, 7) is 6.83. The van der Waals surface area contributed by atoms with Crippen molar-refractivity contribution in [3.63, 3.8) is 0 Å². The normalized spacial score (nSPS) is 18.2. The van der Waals surface area contributed by atoms with Gasteiger partial charge in [-0.2, -0.15) is 0 Å². The van der Waals surface area contributed by atoms with Crippen LogP contribution in [0.25, 0.3) is 0 Å². The van der Waals surface area contributed by atoms with Crippen LogP contribution in [0.3, 0.4) is 0 Å². The van der Waals surface area contributed by atoms with Gasteiger partial charge in [-0.05, 0) is 45.3 Å². The van der Waals surface area contributed by atoms with Gasteiger partial charge in [-0.25, -0.2) is 0 Å². The van der Waals surface area contributed by atoms with E-state index in [9.17, 15) is 0 Å². The van der Waals surface area contributed by atoms with Crippen LogP contribution in [0, 0.1) is 0 Å². The molecule has 1 fully saturated rings. The van der Waals surface area contributed by atoms with Gasteiger partial charge in [0.05, 0.1) is 12.7 Å². The average molecular weight is 339 g/mol. The molecule has 3 heteroatoms. The summed E-state index contributed by atoms with van der Waals surface area (Å²) in [6.07, 6.45) is 1.96. The average Bonchev–Trinajstić information content (AvgIpc) is 2.67. The van der Waals surface area contributed by atoms with E-state index in [0.29, 0.717) is 6.61 Å². The second kappa shape index (κ2) is 8.61. The van der Waals surface area contributed by atoms with Gasteiger partial charge < -0.3 is 14.8 Å². The molecule has 0 spiro atoms. The van der Waals surface area contributed by atoms with Crippen molar-refractivity contribution >= 4 is 0 Å². The molecule has 0 aromatic heterocycles. The first-order valence-corrected chi connectivity index (χ1v) is 9.28. The lowest BCUT2D eigenvalue weighted by Crippen LogP contribution is -2.43. The fourth-order valence-corrected chi connectivity index (χ4v) is 3.52. The fraction of sp³-hybridized carbons (Fsp3) is 0.455.